The molecule has 0 aliphatic heterocycles. The number of nitrogens with two attached hydrogens (primary N) is 1. The highest BCUT2D eigenvalue weighted by Gasteiger charge is 2.28. The van der Waals surface area contributed by atoms with E-state index in [9.17, 15) is 0 Å². The van der Waals surface area contributed by atoms with Crippen molar-refractivity contribution >= 4 is 5.69 Å². The molecular weight excluding hydrogens is 222 g/mol. The van der Waals surface area contributed by atoms with Gasteiger partial charge in [0.25, 0.3) is 0 Å². The van der Waals surface area contributed by atoms with Crippen LogP contribution in [0.15, 0.2) is 0 Å². The minimum atomic E-state index is 0.564. The molecule has 3 atom stereocenters. The van der Waals surface area contributed by atoms with E-state index in [0.29, 0.717) is 6.04 Å². The van der Waals surface area contributed by atoms with Crippen LogP contribution in [0, 0.1) is 11.8 Å². The predicted octanol–water partition coefficient (Wildman–Crippen LogP) is 3.59. The second-order valence-electron chi connectivity index (χ2n) is 5.88. The average molecular weight is 249 g/mol. The van der Waals surface area contributed by atoms with E-state index in [0.717, 1.165) is 36.1 Å². The van der Waals surface area contributed by atoms with E-state index in [1.54, 1.807) is 0 Å². The summed E-state index contributed by atoms with van der Waals surface area (Å²) in [5.74, 6) is 1.65. The Bertz CT molecular complexity index is 408. The third-order valence-corrected chi connectivity index (χ3v) is 4.71. The van der Waals surface area contributed by atoms with Gasteiger partial charge in [-0.1, -0.05) is 27.7 Å². The number of rotatable bonds is 3. The summed E-state index contributed by atoms with van der Waals surface area (Å²) in [6.07, 6.45) is 5.74. The van der Waals surface area contributed by atoms with Crippen LogP contribution in [0.3, 0.4) is 0 Å². The molecule has 1 fully saturated rings. The van der Waals surface area contributed by atoms with Crippen molar-refractivity contribution in [2.75, 3.05) is 5.73 Å². The zero-order valence-electron chi connectivity index (χ0n) is 12.2. The van der Waals surface area contributed by atoms with Crippen LogP contribution in [0.4, 0.5) is 5.69 Å². The largest absolute Gasteiger partial charge is 0.396 e. The molecule has 0 bridgehead atoms. The predicted molar refractivity (Wildman–Crippen MR) is 76.6 cm³/mol. The third-order valence-electron chi connectivity index (χ3n) is 4.71. The lowest BCUT2D eigenvalue weighted by Crippen LogP contribution is -2.25. The summed E-state index contributed by atoms with van der Waals surface area (Å²) >= 11 is 0. The van der Waals surface area contributed by atoms with Gasteiger partial charge in [-0.2, -0.15) is 5.10 Å². The van der Waals surface area contributed by atoms with Crippen LogP contribution in [-0.4, -0.2) is 9.78 Å². The first-order valence-corrected chi connectivity index (χ1v) is 7.44. The van der Waals surface area contributed by atoms with Gasteiger partial charge in [0.1, 0.15) is 0 Å². The molecule has 1 aromatic rings. The molecule has 1 aliphatic carbocycles. The van der Waals surface area contributed by atoms with Crippen molar-refractivity contribution in [2.45, 2.75) is 65.8 Å². The summed E-state index contributed by atoms with van der Waals surface area (Å²) in [6.45, 7) is 9.05. The van der Waals surface area contributed by atoms with E-state index in [4.69, 9.17) is 10.8 Å². The smallest absolute Gasteiger partial charge is 0.0854 e. The van der Waals surface area contributed by atoms with Crippen molar-refractivity contribution < 1.29 is 0 Å². The fraction of sp³-hybridized carbons (Fsp3) is 0.800. The van der Waals surface area contributed by atoms with Crippen LogP contribution in [0.2, 0.25) is 0 Å². The molecule has 18 heavy (non-hydrogen) atoms. The number of anilines is 1. The SMILES string of the molecule is CCc1nn(C2CCC(C)C(C)C2)c(CC)c1N. The zero-order valence-corrected chi connectivity index (χ0v) is 12.2. The third kappa shape index (κ3) is 2.27. The van der Waals surface area contributed by atoms with Gasteiger partial charge < -0.3 is 5.73 Å². The van der Waals surface area contributed by atoms with Crippen LogP contribution in [0.5, 0.6) is 0 Å². The van der Waals surface area contributed by atoms with Gasteiger partial charge >= 0.3 is 0 Å². The topological polar surface area (TPSA) is 43.8 Å². The van der Waals surface area contributed by atoms with Crippen LogP contribution in [0.1, 0.15) is 64.4 Å². The lowest BCUT2D eigenvalue weighted by molar-refractivity contribution is 0.198. The normalized spacial score (nSPS) is 28.6. The average Bonchev–Trinajstić information content (AvgIpc) is 2.69. The number of nitrogens with zero attached hydrogens (tertiary/aromatic N) is 2. The van der Waals surface area contributed by atoms with Crippen LogP contribution in [-0.2, 0) is 12.8 Å². The Morgan fingerprint density at radius 1 is 1.17 bits per heavy atom. The number of hydrogen-bond acceptors (Lipinski definition) is 2. The molecule has 1 saturated carbocycles. The fourth-order valence-electron chi connectivity index (χ4n) is 3.19. The van der Waals surface area contributed by atoms with Gasteiger partial charge in [-0.15, -0.1) is 0 Å². The number of aromatic nitrogens is 2. The van der Waals surface area contributed by atoms with Crippen LogP contribution in [0.25, 0.3) is 0 Å². The van der Waals surface area contributed by atoms with E-state index >= 15 is 0 Å². The molecular formula is C15H27N3. The highest BCUT2D eigenvalue weighted by molar-refractivity contribution is 5.48. The Morgan fingerprint density at radius 3 is 2.44 bits per heavy atom. The Balaban J connectivity index is 2.27. The molecule has 0 aromatic carbocycles. The molecule has 2 N–H and O–H groups in total. The van der Waals surface area contributed by atoms with Gasteiger partial charge in [-0.3, -0.25) is 4.68 Å². The molecule has 2 rings (SSSR count). The maximum Gasteiger partial charge on any atom is 0.0854 e. The molecule has 1 aliphatic rings. The van der Waals surface area contributed by atoms with E-state index in [2.05, 4.69) is 32.4 Å². The summed E-state index contributed by atoms with van der Waals surface area (Å²) in [5.41, 5.74) is 9.48. The minimum absolute atomic E-state index is 0.564. The number of hydrogen-bond donors (Lipinski definition) is 1. The summed E-state index contributed by atoms with van der Waals surface area (Å²) in [5, 5.41) is 4.77. The van der Waals surface area contributed by atoms with E-state index in [1.165, 1.54) is 25.0 Å². The monoisotopic (exact) mass is 249 g/mol. The van der Waals surface area contributed by atoms with Gasteiger partial charge in [-0.25, -0.2) is 0 Å². The summed E-state index contributed by atoms with van der Waals surface area (Å²) in [7, 11) is 0. The first-order valence-electron chi connectivity index (χ1n) is 7.44. The Hall–Kier alpha value is -0.990. The lowest BCUT2D eigenvalue weighted by atomic mass is 9.79. The van der Waals surface area contributed by atoms with Crippen LogP contribution < -0.4 is 5.73 Å². The molecule has 1 heterocycles. The highest BCUT2D eigenvalue weighted by atomic mass is 15.3. The Kier molecular flexibility index (Phi) is 3.98. The van der Waals surface area contributed by atoms with Gasteiger partial charge in [0.2, 0.25) is 0 Å². The Morgan fingerprint density at radius 2 is 1.89 bits per heavy atom. The van der Waals surface area contributed by atoms with Crippen molar-refractivity contribution in [1.29, 1.82) is 0 Å². The first kappa shape index (κ1) is 13.4. The minimum Gasteiger partial charge on any atom is -0.396 e. The lowest BCUT2D eigenvalue weighted by Gasteiger charge is -2.33. The maximum absolute atomic E-state index is 6.21. The number of aryl methyl sites for hydroxylation is 1. The van der Waals surface area contributed by atoms with Gasteiger partial charge in [-0.05, 0) is 43.9 Å². The van der Waals surface area contributed by atoms with E-state index < -0.39 is 0 Å². The summed E-state index contributed by atoms with van der Waals surface area (Å²) < 4.78 is 2.25. The maximum atomic E-state index is 6.21. The molecule has 0 saturated heterocycles. The molecule has 0 radical (unpaired) electrons. The van der Waals surface area contributed by atoms with Gasteiger partial charge in [0.05, 0.1) is 23.1 Å². The van der Waals surface area contributed by atoms with Crippen molar-refractivity contribution in [3.05, 3.63) is 11.4 Å². The fourth-order valence-corrected chi connectivity index (χ4v) is 3.19. The molecule has 3 heteroatoms. The quantitative estimate of drug-likeness (QED) is 0.889. The highest BCUT2D eigenvalue weighted by Crippen LogP contribution is 2.37. The van der Waals surface area contributed by atoms with Crippen molar-refractivity contribution in [2.24, 2.45) is 11.8 Å². The molecule has 102 valence electrons. The van der Waals surface area contributed by atoms with Gasteiger partial charge in [0.15, 0.2) is 0 Å². The van der Waals surface area contributed by atoms with Crippen molar-refractivity contribution in [1.82, 2.24) is 9.78 Å². The van der Waals surface area contributed by atoms with Crippen molar-refractivity contribution in [3.63, 3.8) is 0 Å². The van der Waals surface area contributed by atoms with Gasteiger partial charge in [0, 0.05) is 0 Å². The molecule has 3 unspecified atom stereocenters. The van der Waals surface area contributed by atoms with E-state index in [1.807, 2.05) is 0 Å². The Labute approximate surface area is 111 Å². The molecule has 1 aromatic heterocycles. The second-order valence-corrected chi connectivity index (χ2v) is 5.88. The first-order chi connectivity index (χ1) is 8.58. The molecule has 0 spiro atoms. The van der Waals surface area contributed by atoms with Crippen LogP contribution >= 0.6 is 0 Å². The summed E-state index contributed by atoms with van der Waals surface area (Å²) in [6, 6.07) is 0.564. The zero-order chi connectivity index (χ0) is 13.3. The summed E-state index contributed by atoms with van der Waals surface area (Å²) in [4.78, 5) is 0. The molecule has 0 amide bonds. The second kappa shape index (κ2) is 5.33. The molecule has 3 nitrogen and oxygen atoms in total. The van der Waals surface area contributed by atoms with E-state index in [-0.39, 0.29) is 0 Å². The van der Waals surface area contributed by atoms with Crippen molar-refractivity contribution in [3.8, 4) is 0 Å². The standard InChI is InChI=1S/C15H27N3/c1-5-13-15(16)14(6-2)18(17-13)12-8-7-10(3)11(4)9-12/h10-12H,5-9,16H2,1-4H3. The number of nitrogen functional groups attached to an aromatic ring is 1.